The Morgan fingerprint density at radius 1 is 0.595 bits per heavy atom. The highest BCUT2D eigenvalue weighted by molar-refractivity contribution is 6.11. The van der Waals surface area contributed by atoms with Gasteiger partial charge in [-0.2, -0.15) is 0 Å². The van der Waals surface area contributed by atoms with Crippen LogP contribution in [0.15, 0.2) is 103 Å². The molecule has 1 aliphatic heterocycles. The van der Waals surface area contributed by atoms with Crippen LogP contribution in [0, 0.1) is 0 Å². The molecule has 0 bridgehead atoms. The highest BCUT2D eigenvalue weighted by atomic mass is 16.8. The van der Waals surface area contributed by atoms with Crippen molar-refractivity contribution in [2.75, 3.05) is 0 Å². The second kappa shape index (κ2) is 7.79. The zero-order chi connectivity index (χ0) is 25.4. The molecule has 0 spiro atoms. The van der Waals surface area contributed by atoms with Crippen molar-refractivity contribution in [1.29, 1.82) is 0 Å². The first-order valence-corrected chi connectivity index (χ1v) is 12.8. The summed E-state index contributed by atoms with van der Waals surface area (Å²) in [6.45, 7) is 6.09. The molecule has 6 aromatic carbocycles. The average Bonchev–Trinajstić information content (AvgIpc) is 3.17. The number of rotatable bonds is 2. The Kier molecular flexibility index (Phi) is 4.69. The molecule has 1 aliphatic rings. The molecule has 37 heavy (non-hydrogen) atoms. The van der Waals surface area contributed by atoms with Crippen LogP contribution < -0.4 is 0 Å². The molecule has 0 saturated carbocycles. The first-order chi connectivity index (χ1) is 17.9. The fourth-order valence-corrected chi connectivity index (χ4v) is 6.37. The fourth-order valence-electron chi connectivity index (χ4n) is 6.37. The summed E-state index contributed by atoms with van der Waals surface area (Å²) >= 11 is 0. The third-order valence-corrected chi connectivity index (χ3v) is 7.86. The van der Waals surface area contributed by atoms with Gasteiger partial charge in [-0.1, -0.05) is 84.9 Å². The van der Waals surface area contributed by atoms with Gasteiger partial charge in [0, 0.05) is 5.39 Å². The first-order valence-electron chi connectivity index (χ1n) is 12.8. The van der Waals surface area contributed by atoms with Crippen LogP contribution in [-0.2, 0) is 15.1 Å². The molecule has 6 aromatic rings. The number of phenols is 1. The van der Waals surface area contributed by atoms with Crippen molar-refractivity contribution in [2.45, 2.75) is 38.3 Å². The molecule has 7 rings (SSSR count). The number of aromatic hydroxyl groups is 1. The lowest BCUT2D eigenvalue weighted by Gasteiger charge is -2.32. The zero-order valence-electron chi connectivity index (χ0n) is 21.2. The largest absolute Gasteiger partial charge is 0.507 e. The lowest BCUT2D eigenvalue weighted by atomic mass is 9.80. The summed E-state index contributed by atoms with van der Waals surface area (Å²) in [4.78, 5) is 0. The second-order valence-electron chi connectivity index (χ2n) is 10.7. The summed E-state index contributed by atoms with van der Waals surface area (Å²) in [5.41, 5.74) is 1.29. The zero-order valence-corrected chi connectivity index (χ0v) is 21.2. The molecule has 0 amide bonds. The van der Waals surface area contributed by atoms with Crippen LogP contribution in [0.2, 0.25) is 0 Å². The van der Waals surface area contributed by atoms with E-state index in [1.165, 1.54) is 16.2 Å². The van der Waals surface area contributed by atoms with Gasteiger partial charge in [0.15, 0.2) is 5.79 Å². The quantitative estimate of drug-likeness (QED) is 0.250. The molecule has 1 saturated heterocycles. The molecule has 0 aromatic heterocycles. The lowest BCUT2D eigenvalue weighted by molar-refractivity contribution is -0.162. The van der Waals surface area contributed by atoms with E-state index in [2.05, 4.69) is 91.9 Å². The number of fused-ring (bicyclic) bond motifs is 6. The molecule has 0 radical (unpaired) electrons. The fraction of sp³-hybridized carbons (Fsp3) is 0.176. The molecular weight excluding hydrogens is 456 g/mol. The van der Waals surface area contributed by atoms with E-state index in [-0.39, 0.29) is 11.9 Å². The maximum absolute atomic E-state index is 10.9. The van der Waals surface area contributed by atoms with E-state index in [9.17, 15) is 5.11 Å². The van der Waals surface area contributed by atoms with Crippen LogP contribution in [-0.4, -0.2) is 10.9 Å². The van der Waals surface area contributed by atoms with Gasteiger partial charge in [0.05, 0.1) is 0 Å². The Hall–Kier alpha value is -3.92. The Bertz CT molecular complexity index is 1850. The molecule has 182 valence electrons. The Labute approximate surface area is 215 Å². The Morgan fingerprint density at radius 3 is 1.92 bits per heavy atom. The first kappa shape index (κ1) is 22.3. The monoisotopic (exact) mass is 484 g/mol. The van der Waals surface area contributed by atoms with E-state index in [0.29, 0.717) is 0 Å². The van der Waals surface area contributed by atoms with E-state index >= 15 is 0 Å². The van der Waals surface area contributed by atoms with Gasteiger partial charge in [0.1, 0.15) is 17.5 Å². The van der Waals surface area contributed by atoms with Crippen LogP contribution in [0.4, 0.5) is 0 Å². The molecule has 3 heteroatoms. The van der Waals surface area contributed by atoms with Gasteiger partial charge in [0.25, 0.3) is 0 Å². The van der Waals surface area contributed by atoms with Crippen molar-refractivity contribution in [3.63, 3.8) is 0 Å². The van der Waals surface area contributed by atoms with E-state index in [0.717, 1.165) is 38.1 Å². The molecule has 3 nitrogen and oxygen atoms in total. The summed E-state index contributed by atoms with van der Waals surface area (Å²) in [5.74, 6) is -0.542. The number of benzene rings is 6. The minimum atomic E-state index is -0.815. The van der Waals surface area contributed by atoms with Crippen molar-refractivity contribution in [3.05, 3.63) is 114 Å². The average molecular weight is 485 g/mol. The summed E-state index contributed by atoms with van der Waals surface area (Å²) in [7, 11) is 0. The van der Waals surface area contributed by atoms with E-state index < -0.39 is 11.4 Å². The third-order valence-electron chi connectivity index (χ3n) is 7.86. The number of ether oxygens (including phenoxy) is 2. The van der Waals surface area contributed by atoms with Crippen LogP contribution in [0.3, 0.4) is 0 Å². The standard InChI is InChI=1S/C34H28O3/c1-33(2)36-32(29-19-21-11-4-5-12-22(21)23-13-6-7-15-26(23)29)34(3,37-33)30-20-28-25(17-10-18-31(28)35)24-14-8-9-16-27(24)30/h4-20,32,35H,1-3H3. The SMILES string of the molecule is CC1(C)OC(c2cc3ccccc3c3ccccc23)C(C)(c2cc3c(O)cccc3c3ccccc23)O1. The van der Waals surface area contributed by atoms with E-state index in [4.69, 9.17) is 9.47 Å². The lowest BCUT2D eigenvalue weighted by Crippen LogP contribution is -2.30. The van der Waals surface area contributed by atoms with E-state index in [1.807, 2.05) is 26.0 Å². The molecule has 0 aliphatic carbocycles. The maximum Gasteiger partial charge on any atom is 0.165 e. The minimum absolute atomic E-state index is 0.263. The second-order valence-corrected chi connectivity index (χ2v) is 10.7. The van der Waals surface area contributed by atoms with Crippen molar-refractivity contribution in [2.24, 2.45) is 0 Å². The highest BCUT2D eigenvalue weighted by Gasteiger charge is 2.53. The van der Waals surface area contributed by atoms with Crippen LogP contribution in [0.1, 0.15) is 38.0 Å². The van der Waals surface area contributed by atoms with Crippen molar-refractivity contribution in [3.8, 4) is 5.75 Å². The Morgan fingerprint density at radius 2 is 1.16 bits per heavy atom. The van der Waals surface area contributed by atoms with E-state index in [1.54, 1.807) is 6.07 Å². The summed E-state index contributed by atoms with van der Waals surface area (Å²) in [6, 6.07) is 35.5. The van der Waals surface area contributed by atoms with Gasteiger partial charge in [-0.3, -0.25) is 0 Å². The van der Waals surface area contributed by atoms with Crippen LogP contribution >= 0.6 is 0 Å². The maximum atomic E-state index is 10.9. The Balaban J connectivity index is 1.57. The van der Waals surface area contributed by atoms with Crippen molar-refractivity contribution >= 4 is 43.1 Å². The summed E-state index contributed by atoms with van der Waals surface area (Å²) in [6.07, 6.45) is -0.372. The number of hydrogen-bond acceptors (Lipinski definition) is 3. The predicted molar refractivity (Wildman–Crippen MR) is 151 cm³/mol. The van der Waals surface area contributed by atoms with Gasteiger partial charge in [-0.15, -0.1) is 0 Å². The molecule has 1 heterocycles. The topological polar surface area (TPSA) is 38.7 Å². The van der Waals surface area contributed by atoms with Gasteiger partial charge < -0.3 is 14.6 Å². The third kappa shape index (κ3) is 3.28. The number of hydrogen-bond donors (Lipinski definition) is 1. The summed E-state index contributed by atoms with van der Waals surface area (Å²) in [5, 5.41) is 19.6. The molecule has 2 atom stereocenters. The van der Waals surface area contributed by atoms with Gasteiger partial charge in [-0.05, 0) is 87.8 Å². The normalized spacial score (nSPS) is 21.3. The van der Waals surface area contributed by atoms with Crippen LogP contribution in [0.25, 0.3) is 43.1 Å². The van der Waals surface area contributed by atoms with Crippen molar-refractivity contribution < 1.29 is 14.6 Å². The smallest absolute Gasteiger partial charge is 0.165 e. The molecule has 1 N–H and O–H groups in total. The number of phenolic OH excluding ortho intramolecular Hbond substituents is 1. The van der Waals surface area contributed by atoms with Gasteiger partial charge in [0.2, 0.25) is 0 Å². The van der Waals surface area contributed by atoms with Crippen LogP contribution in [0.5, 0.6) is 5.75 Å². The molecule has 2 unspecified atom stereocenters. The summed E-state index contributed by atoms with van der Waals surface area (Å²) < 4.78 is 13.6. The van der Waals surface area contributed by atoms with Gasteiger partial charge >= 0.3 is 0 Å². The predicted octanol–water partition coefficient (Wildman–Crippen LogP) is 8.74. The van der Waals surface area contributed by atoms with Crippen molar-refractivity contribution in [1.82, 2.24) is 0 Å². The van der Waals surface area contributed by atoms with Gasteiger partial charge in [-0.25, -0.2) is 0 Å². The highest BCUT2D eigenvalue weighted by Crippen LogP contribution is 2.55. The minimum Gasteiger partial charge on any atom is -0.507 e. The molecular formula is C34H28O3. The molecule has 1 fully saturated rings.